The molecule has 2 N–H and O–H groups in total. The summed E-state index contributed by atoms with van der Waals surface area (Å²) < 4.78 is 29.8. The molecule has 1 aliphatic heterocycles. The molecule has 1 saturated heterocycles. The molecule has 1 aliphatic rings. The highest BCUT2D eigenvalue weighted by Crippen LogP contribution is 2.21. The van der Waals surface area contributed by atoms with Gasteiger partial charge in [-0.25, -0.2) is 17.5 Å². The number of benzene rings is 1. The van der Waals surface area contributed by atoms with E-state index in [1.54, 1.807) is 19.2 Å². The van der Waals surface area contributed by atoms with Crippen molar-refractivity contribution in [3.63, 3.8) is 0 Å². The molecule has 2 rings (SSSR count). The van der Waals surface area contributed by atoms with Crippen molar-refractivity contribution in [2.75, 3.05) is 31.8 Å². The fourth-order valence-electron chi connectivity index (χ4n) is 2.67. The Morgan fingerprint density at radius 2 is 2.13 bits per heavy atom. The Morgan fingerprint density at radius 1 is 1.39 bits per heavy atom. The molecule has 0 aromatic heterocycles. The van der Waals surface area contributed by atoms with Gasteiger partial charge in [-0.1, -0.05) is 0 Å². The highest BCUT2D eigenvalue weighted by molar-refractivity contribution is 7.88. The second kappa shape index (κ2) is 7.18. The summed E-state index contributed by atoms with van der Waals surface area (Å²) in [6, 6.07) is 4.85. The number of carbonyl (C=O) groups excluding carboxylic acids is 1. The Bertz CT molecular complexity index is 675. The van der Waals surface area contributed by atoms with Crippen molar-refractivity contribution in [2.45, 2.75) is 25.8 Å². The summed E-state index contributed by atoms with van der Waals surface area (Å²) in [4.78, 5) is 12.1. The number of anilines is 1. The first-order chi connectivity index (χ1) is 10.8. The van der Waals surface area contributed by atoms with Gasteiger partial charge >= 0.3 is 6.03 Å². The number of methoxy groups -OCH3 is 1. The van der Waals surface area contributed by atoms with Gasteiger partial charge in [-0.05, 0) is 43.5 Å². The molecular weight excluding hydrogens is 318 g/mol. The molecule has 1 fully saturated rings. The van der Waals surface area contributed by atoms with Crippen LogP contribution in [0.1, 0.15) is 18.4 Å². The third kappa shape index (κ3) is 4.84. The van der Waals surface area contributed by atoms with Crippen molar-refractivity contribution in [1.29, 1.82) is 0 Å². The number of nitrogens with zero attached hydrogens (tertiary/aromatic N) is 1. The summed E-state index contributed by atoms with van der Waals surface area (Å²) in [5, 5.41) is 5.59. The number of sulfonamides is 1. The fourth-order valence-corrected chi connectivity index (χ4v) is 3.58. The highest BCUT2D eigenvalue weighted by atomic mass is 32.2. The molecule has 1 heterocycles. The first kappa shape index (κ1) is 17.6. The summed E-state index contributed by atoms with van der Waals surface area (Å²) >= 11 is 0. The number of piperidine rings is 1. The molecule has 0 bridgehead atoms. The number of hydrogen-bond acceptors (Lipinski definition) is 4. The van der Waals surface area contributed by atoms with Gasteiger partial charge in [0.05, 0.1) is 13.4 Å². The van der Waals surface area contributed by atoms with Crippen LogP contribution in [0.4, 0.5) is 10.5 Å². The summed E-state index contributed by atoms with van der Waals surface area (Å²) in [7, 11) is -1.62. The molecule has 1 aromatic carbocycles. The van der Waals surface area contributed by atoms with E-state index in [2.05, 4.69) is 10.6 Å². The Hall–Kier alpha value is -1.80. The van der Waals surface area contributed by atoms with Crippen molar-refractivity contribution >= 4 is 21.7 Å². The van der Waals surface area contributed by atoms with Crippen molar-refractivity contribution in [1.82, 2.24) is 9.62 Å². The quantitative estimate of drug-likeness (QED) is 0.870. The van der Waals surface area contributed by atoms with Crippen molar-refractivity contribution in [3.05, 3.63) is 23.8 Å². The molecule has 1 atom stereocenters. The lowest BCUT2D eigenvalue weighted by Gasteiger charge is -2.31. The molecule has 0 radical (unpaired) electrons. The van der Waals surface area contributed by atoms with Gasteiger partial charge in [-0.15, -0.1) is 0 Å². The first-order valence-electron chi connectivity index (χ1n) is 7.47. The van der Waals surface area contributed by atoms with Crippen LogP contribution in [0, 0.1) is 6.92 Å². The highest BCUT2D eigenvalue weighted by Gasteiger charge is 2.26. The van der Waals surface area contributed by atoms with Crippen LogP contribution < -0.4 is 15.4 Å². The maximum atomic E-state index is 12.1. The minimum Gasteiger partial charge on any atom is -0.496 e. The molecule has 7 nitrogen and oxygen atoms in total. The SMILES string of the molecule is COc1ccc(NC(=O)N[C@@H]2CCCN(S(C)(=O)=O)C2)cc1C. The van der Waals surface area contributed by atoms with Crippen LogP contribution in [0.25, 0.3) is 0 Å². The molecule has 8 heteroatoms. The Morgan fingerprint density at radius 3 is 2.74 bits per heavy atom. The lowest BCUT2D eigenvalue weighted by Crippen LogP contribution is -2.50. The van der Waals surface area contributed by atoms with E-state index in [0.717, 1.165) is 24.2 Å². The average molecular weight is 341 g/mol. The second-order valence-corrected chi connectivity index (χ2v) is 7.73. The molecule has 0 unspecified atom stereocenters. The molecule has 0 spiro atoms. The van der Waals surface area contributed by atoms with Gasteiger partial charge in [-0.3, -0.25) is 0 Å². The number of nitrogens with one attached hydrogen (secondary N) is 2. The van der Waals surface area contributed by atoms with E-state index in [9.17, 15) is 13.2 Å². The van der Waals surface area contributed by atoms with E-state index in [1.165, 1.54) is 10.6 Å². The maximum absolute atomic E-state index is 12.1. The van der Waals surface area contributed by atoms with Gasteiger partial charge in [-0.2, -0.15) is 0 Å². The minimum absolute atomic E-state index is 0.183. The van der Waals surface area contributed by atoms with Crippen LogP contribution in [0.2, 0.25) is 0 Å². The summed E-state index contributed by atoms with van der Waals surface area (Å²) in [5.41, 5.74) is 1.59. The molecule has 1 aromatic rings. The van der Waals surface area contributed by atoms with E-state index in [0.29, 0.717) is 18.8 Å². The Kier molecular flexibility index (Phi) is 5.48. The van der Waals surface area contributed by atoms with E-state index < -0.39 is 10.0 Å². The maximum Gasteiger partial charge on any atom is 0.319 e. The topological polar surface area (TPSA) is 87.7 Å². The zero-order valence-electron chi connectivity index (χ0n) is 13.6. The monoisotopic (exact) mass is 341 g/mol. The Labute approximate surface area is 137 Å². The molecule has 0 saturated carbocycles. The van der Waals surface area contributed by atoms with Gasteiger partial charge in [0.25, 0.3) is 0 Å². The first-order valence-corrected chi connectivity index (χ1v) is 9.31. The van der Waals surface area contributed by atoms with E-state index in [-0.39, 0.29) is 12.1 Å². The van der Waals surface area contributed by atoms with Crippen LogP contribution in [0.5, 0.6) is 5.75 Å². The van der Waals surface area contributed by atoms with Crippen molar-refractivity contribution < 1.29 is 17.9 Å². The van der Waals surface area contributed by atoms with Crippen molar-refractivity contribution in [3.8, 4) is 5.75 Å². The predicted octanol–water partition coefficient (Wildman–Crippen LogP) is 1.55. The lowest BCUT2D eigenvalue weighted by atomic mass is 10.1. The van der Waals surface area contributed by atoms with Gasteiger partial charge in [0.15, 0.2) is 0 Å². The second-order valence-electron chi connectivity index (χ2n) is 5.74. The molecule has 23 heavy (non-hydrogen) atoms. The Balaban J connectivity index is 1.93. The number of hydrogen-bond donors (Lipinski definition) is 2. The number of rotatable bonds is 4. The number of aryl methyl sites for hydroxylation is 1. The molecular formula is C15H23N3O4S. The number of carbonyl (C=O) groups is 1. The number of urea groups is 1. The van der Waals surface area contributed by atoms with Crippen LogP contribution in [0.3, 0.4) is 0 Å². The number of ether oxygens (including phenoxy) is 1. The minimum atomic E-state index is -3.22. The normalized spacial score (nSPS) is 19.2. The van der Waals surface area contributed by atoms with Crippen LogP contribution >= 0.6 is 0 Å². The van der Waals surface area contributed by atoms with Gasteiger partial charge in [0, 0.05) is 24.8 Å². The van der Waals surface area contributed by atoms with E-state index in [1.807, 2.05) is 13.0 Å². The summed E-state index contributed by atoms with van der Waals surface area (Å²) in [5.74, 6) is 0.757. The molecule has 2 amide bonds. The van der Waals surface area contributed by atoms with E-state index in [4.69, 9.17) is 4.74 Å². The molecule has 128 valence electrons. The van der Waals surface area contributed by atoms with Crippen molar-refractivity contribution in [2.24, 2.45) is 0 Å². The third-order valence-corrected chi connectivity index (χ3v) is 5.11. The van der Waals surface area contributed by atoms with Gasteiger partial charge in [0.1, 0.15) is 5.75 Å². The van der Waals surface area contributed by atoms with Gasteiger partial charge in [0.2, 0.25) is 10.0 Å². The van der Waals surface area contributed by atoms with Crippen LogP contribution in [0.15, 0.2) is 18.2 Å². The fraction of sp³-hybridized carbons (Fsp3) is 0.533. The van der Waals surface area contributed by atoms with Crippen LogP contribution in [-0.4, -0.2) is 51.3 Å². The van der Waals surface area contributed by atoms with Crippen LogP contribution in [-0.2, 0) is 10.0 Å². The number of amides is 2. The standard InChI is InChI=1S/C15H23N3O4S/c1-11-9-12(6-7-14(11)22-2)16-15(19)17-13-5-4-8-18(10-13)23(3,20)21/h6-7,9,13H,4-5,8,10H2,1-3H3,(H2,16,17,19)/t13-/m1/s1. The summed E-state index contributed by atoms with van der Waals surface area (Å²) in [6.45, 7) is 2.72. The predicted molar refractivity (Wildman–Crippen MR) is 89.3 cm³/mol. The third-order valence-electron chi connectivity index (χ3n) is 3.84. The van der Waals surface area contributed by atoms with E-state index >= 15 is 0 Å². The zero-order valence-corrected chi connectivity index (χ0v) is 14.4. The lowest BCUT2D eigenvalue weighted by molar-refractivity contribution is 0.236. The largest absolute Gasteiger partial charge is 0.496 e. The average Bonchev–Trinajstić information content (AvgIpc) is 2.46. The van der Waals surface area contributed by atoms with Gasteiger partial charge < -0.3 is 15.4 Å². The smallest absolute Gasteiger partial charge is 0.319 e. The zero-order chi connectivity index (χ0) is 17.0. The summed E-state index contributed by atoms with van der Waals surface area (Å²) in [6.07, 6.45) is 2.69. The molecule has 0 aliphatic carbocycles.